The van der Waals surface area contributed by atoms with Crippen LogP contribution in [0.2, 0.25) is 0 Å². The lowest BCUT2D eigenvalue weighted by atomic mass is 10.0. The summed E-state index contributed by atoms with van der Waals surface area (Å²) in [5.41, 5.74) is 0. The third kappa shape index (κ3) is 4.79. The van der Waals surface area contributed by atoms with E-state index < -0.39 is 0 Å². The van der Waals surface area contributed by atoms with Crippen LogP contribution < -0.4 is 5.32 Å². The molecule has 0 spiro atoms. The smallest absolute Gasteiger partial charge is 0.222 e. The van der Waals surface area contributed by atoms with E-state index in [9.17, 15) is 4.79 Å². The molecule has 0 heterocycles. The molecule has 0 aliphatic heterocycles. The number of unbranched alkanes of at least 4 members (excludes halogenated alkanes) is 1. The predicted molar refractivity (Wildman–Crippen MR) is 44.2 cm³/mol. The zero-order chi connectivity index (χ0) is 8.69. The molecule has 1 atom stereocenters. The number of carbonyl (C=O) groups is 1. The van der Waals surface area contributed by atoms with Gasteiger partial charge in [-0.3, -0.25) is 4.79 Å². The van der Waals surface area contributed by atoms with Crippen LogP contribution in [0.1, 0.15) is 26.2 Å². The Morgan fingerprint density at radius 3 is 2.64 bits per heavy atom. The summed E-state index contributed by atoms with van der Waals surface area (Å²) >= 11 is 0. The molecule has 0 rings (SSSR count). The fourth-order valence-electron chi connectivity index (χ4n) is 0.940. The molecule has 11 heavy (non-hydrogen) atoms. The van der Waals surface area contributed by atoms with Crippen LogP contribution in [-0.4, -0.2) is 24.7 Å². The zero-order valence-corrected chi connectivity index (χ0v) is 7.26. The zero-order valence-electron chi connectivity index (χ0n) is 7.26. The van der Waals surface area contributed by atoms with Gasteiger partial charge in [-0.2, -0.15) is 0 Å². The first-order valence-corrected chi connectivity index (χ1v) is 4.04. The first-order valence-electron chi connectivity index (χ1n) is 4.04. The molecule has 0 aromatic carbocycles. The number of carbonyl (C=O) groups excluding carboxylic acids is 1. The Bertz CT molecular complexity index is 115. The number of amides is 1. The highest BCUT2D eigenvalue weighted by molar-refractivity contribution is 5.77. The second kappa shape index (κ2) is 6.16. The van der Waals surface area contributed by atoms with E-state index in [1.807, 2.05) is 6.92 Å². The molecule has 0 saturated carbocycles. The molecule has 1 amide bonds. The number of hydrogen-bond donors (Lipinski definition) is 2. The average molecular weight is 159 g/mol. The molecule has 0 aliphatic carbocycles. The molecule has 0 aliphatic rings. The summed E-state index contributed by atoms with van der Waals surface area (Å²) in [6.07, 6.45) is 2.58. The Balaban J connectivity index is 3.36. The maximum absolute atomic E-state index is 10.9. The van der Waals surface area contributed by atoms with Gasteiger partial charge in [-0.25, -0.2) is 0 Å². The molecule has 0 radical (unpaired) electrons. The first kappa shape index (κ1) is 10.4. The second-order valence-electron chi connectivity index (χ2n) is 2.73. The van der Waals surface area contributed by atoms with Crippen molar-refractivity contribution < 1.29 is 9.90 Å². The standard InChI is InChI=1S/C8H17NO2/c1-7(8(11)9-2)5-3-4-6-10/h7,10H,3-6H2,1-2H3,(H,9,11). The lowest BCUT2D eigenvalue weighted by molar-refractivity contribution is -0.124. The fourth-order valence-corrected chi connectivity index (χ4v) is 0.940. The Morgan fingerprint density at radius 1 is 1.55 bits per heavy atom. The number of aliphatic hydroxyl groups is 1. The Kier molecular flexibility index (Phi) is 5.84. The molecule has 66 valence electrons. The van der Waals surface area contributed by atoms with Gasteiger partial charge in [-0.1, -0.05) is 13.3 Å². The average Bonchev–Trinajstić information content (AvgIpc) is 2.03. The highest BCUT2D eigenvalue weighted by atomic mass is 16.2. The van der Waals surface area contributed by atoms with Crippen molar-refractivity contribution in [1.29, 1.82) is 0 Å². The Morgan fingerprint density at radius 2 is 2.18 bits per heavy atom. The quantitative estimate of drug-likeness (QED) is 0.575. The van der Waals surface area contributed by atoms with Crippen molar-refractivity contribution in [2.24, 2.45) is 5.92 Å². The number of hydrogen-bond acceptors (Lipinski definition) is 2. The van der Waals surface area contributed by atoms with Gasteiger partial charge in [0.15, 0.2) is 0 Å². The molecule has 3 nitrogen and oxygen atoms in total. The minimum Gasteiger partial charge on any atom is -0.396 e. The van der Waals surface area contributed by atoms with E-state index in [1.54, 1.807) is 7.05 Å². The van der Waals surface area contributed by atoms with Gasteiger partial charge in [0.25, 0.3) is 0 Å². The van der Waals surface area contributed by atoms with Crippen molar-refractivity contribution in [2.75, 3.05) is 13.7 Å². The van der Waals surface area contributed by atoms with Crippen molar-refractivity contribution in [3.8, 4) is 0 Å². The van der Waals surface area contributed by atoms with E-state index in [4.69, 9.17) is 5.11 Å². The van der Waals surface area contributed by atoms with Crippen molar-refractivity contribution in [2.45, 2.75) is 26.2 Å². The molecule has 0 saturated heterocycles. The minimum atomic E-state index is 0.0755. The number of rotatable bonds is 5. The van der Waals surface area contributed by atoms with E-state index in [1.165, 1.54) is 0 Å². The monoisotopic (exact) mass is 159 g/mol. The van der Waals surface area contributed by atoms with Gasteiger partial charge in [0, 0.05) is 19.6 Å². The van der Waals surface area contributed by atoms with Crippen LogP contribution in [0, 0.1) is 5.92 Å². The largest absolute Gasteiger partial charge is 0.396 e. The molecule has 3 heteroatoms. The molecule has 2 N–H and O–H groups in total. The SMILES string of the molecule is CNC(=O)C(C)CCCCO. The van der Waals surface area contributed by atoms with Crippen molar-refractivity contribution in [1.82, 2.24) is 5.32 Å². The minimum absolute atomic E-state index is 0.0755. The van der Waals surface area contributed by atoms with Gasteiger partial charge >= 0.3 is 0 Å². The van der Waals surface area contributed by atoms with E-state index in [0.717, 1.165) is 19.3 Å². The summed E-state index contributed by atoms with van der Waals surface area (Å²) in [6.45, 7) is 2.12. The normalized spacial score (nSPS) is 12.6. The molecule has 0 bridgehead atoms. The fraction of sp³-hybridized carbons (Fsp3) is 0.875. The van der Waals surface area contributed by atoms with Gasteiger partial charge < -0.3 is 10.4 Å². The summed E-state index contributed by atoms with van der Waals surface area (Å²) < 4.78 is 0. The van der Waals surface area contributed by atoms with E-state index in [0.29, 0.717) is 0 Å². The van der Waals surface area contributed by atoms with E-state index in [-0.39, 0.29) is 18.4 Å². The Labute approximate surface area is 67.8 Å². The van der Waals surface area contributed by atoms with Crippen molar-refractivity contribution in [3.05, 3.63) is 0 Å². The van der Waals surface area contributed by atoms with E-state index in [2.05, 4.69) is 5.32 Å². The van der Waals surface area contributed by atoms with Gasteiger partial charge in [-0.15, -0.1) is 0 Å². The topological polar surface area (TPSA) is 49.3 Å². The lowest BCUT2D eigenvalue weighted by Gasteiger charge is -2.07. The van der Waals surface area contributed by atoms with Gasteiger partial charge in [0.2, 0.25) is 5.91 Å². The van der Waals surface area contributed by atoms with Gasteiger partial charge in [-0.05, 0) is 12.8 Å². The van der Waals surface area contributed by atoms with Crippen LogP contribution in [0.25, 0.3) is 0 Å². The second-order valence-corrected chi connectivity index (χ2v) is 2.73. The number of nitrogens with one attached hydrogen (secondary N) is 1. The van der Waals surface area contributed by atoms with E-state index >= 15 is 0 Å². The molecular weight excluding hydrogens is 142 g/mol. The molecule has 0 aromatic rings. The van der Waals surface area contributed by atoms with Crippen LogP contribution in [0.15, 0.2) is 0 Å². The van der Waals surface area contributed by atoms with Crippen LogP contribution in [0.5, 0.6) is 0 Å². The van der Waals surface area contributed by atoms with Gasteiger partial charge in [0.05, 0.1) is 0 Å². The summed E-state index contributed by atoms with van der Waals surface area (Å²) in [6, 6.07) is 0. The number of aliphatic hydroxyl groups excluding tert-OH is 1. The molecule has 0 fully saturated rings. The van der Waals surface area contributed by atoms with Crippen molar-refractivity contribution in [3.63, 3.8) is 0 Å². The highest BCUT2D eigenvalue weighted by Gasteiger charge is 2.09. The summed E-state index contributed by atoms with van der Waals surface area (Å²) in [5.74, 6) is 0.162. The maximum Gasteiger partial charge on any atom is 0.222 e. The molecule has 0 aromatic heterocycles. The third-order valence-corrected chi connectivity index (χ3v) is 1.74. The first-order chi connectivity index (χ1) is 5.22. The summed E-state index contributed by atoms with van der Waals surface area (Å²) in [5, 5.41) is 11.1. The predicted octanol–water partition coefficient (Wildman–Crippen LogP) is 0.531. The molecular formula is C8H17NO2. The highest BCUT2D eigenvalue weighted by Crippen LogP contribution is 2.06. The summed E-state index contributed by atoms with van der Waals surface area (Å²) in [4.78, 5) is 10.9. The van der Waals surface area contributed by atoms with Crippen LogP contribution in [0.4, 0.5) is 0 Å². The lowest BCUT2D eigenvalue weighted by Crippen LogP contribution is -2.25. The third-order valence-electron chi connectivity index (χ3n) is 1.74. The maximum atomic E-state index is 10.9. The van der Waals surface area contributed by atoms with Crippen LogP contribution in [-0.2, 0) is 4.79 Å². The van der Waals surface area contributed by atoms with Gasteiger partial charge in [0.1, 0.15) is 0 Å². The van der Waals surface area contributed by atoms with Crippen LogP contribution in [0.3, 0.4) is 0 Å². The summed E-state index contributed by atoms with van der Waals surface area (Å²) in [7, 11) is 1.64. The van der Waals surface area contributed by atoms with Crippen LogP contribution >= 0.6 is 0 Å². The Hall–Kier alpha value is -0.570. The molecule has 1 unspecified atom stereocenters. The van der Waals surface area contributed by atoms with Crippen molar-refractivity contribution >= 4 is 5.91 Å².